The molecule has 0 saturated heterocycles. The van der Waals surface area contributed by atoms with E-state index >= 15 is 0 Å². The SMILES string of the molecule is CNCc1ccc(F)c(S(=O)(=O)NC(C)c2nccs2)c1. The van der Waals surface area contributed by atoms with Gasteiger partial charge in [-0.15, -0.1) is 11.3 Å². The van der Waals surface area contributed by atoms with Crippen LogP contribution < -0.4 is 10.0 Å². The lowest BCUT2D eigenvalue weighted by Gasteiger charge is -2.13. The van der Waals surface area contributed by atoms with Crippen LogP contribution in [0.4, 0.5) is 4.39 Å². The van der Waals surface area contributed by atoms with Crippen molar-refractivity contribution in [1.29, 1.82) is 0 Å². The molecule has 1 atom stereocenters. The lowest BCUT2D eigenvalue weighted by atomic mass is 10.2. The average Bonchev–Trinajstić information content (AvgIpc) is 2.94. The van der Waals surface area contributed by atoms with Gasteiger partial charge in [0.1, 0.15) is 15.7 Å². The monoisotopic (exact) mass is 329 g/mol. The van der Waals surface area contributed by atoms with E-state index in [9.17, 15) is 12.8 Å². The topological polar surface area (TPSA) is 71.1 Å². The Balaban J connectivity index is 2.28. The van der Waals surface area contributed by atoms with Crippen LogP contribution in [0.3, 0.4) is 0 Å². The lowest BCUT2D eigenvalue weighted by molar-refractivity contribution is 0.545. The van der Waals surface area contributed by atoms with E-state index in [-0.39, 0.29) is 4.90 Å². The number of halogens is 1. The molecule has 2 aromatic rings. The van der Waals surface area contributed by atoms with E-state index in [2.05, 4.69) is 15.0 Å². The Kier molecular flexibility index (Phi) is 5.04. The first-order valence-corrected chi connectivity index (χ1v) is 8.65. The Hall–Kier alpha value is -1.35. The highest BCUT2D eigenvalue weighted by Gasteiger charge is 2.23. The van der Waals surface area contributed by atoms with Gasteiger partial charge in [0, 0.05) is 18.1 Å². The van der Waals surface area contributed by atoms with Crippen molar-refractivity contribution in [2.24, 2.45) is 0 Å². The maximum atomic E-state index is 13.8. The number of hydrogen-bond acceptors (Lipinski definition) is 5. The fourth-order valence-corrected chi connectivity index (χ4v) is 3.92. The Morgan fingerprint density at radius 1 is 1.43 bits per heavy atom. The van der Waals surface area contributed by atoms with Gasteiger partial charge in [0.2, 0.25) is 10.0 Å². The molecule has 0 aliphatic heterocycles. The standard InChI is InChI=1S/C13H16FN3O2S2/c1-9(13-16-5-6-20-13)17-21(18,19)12-7-10(8-15-2)3-4-11(12)14/h3-7,9,15,17H,8H2,1-2H3. The highest BCUT2D eigenvalue weighted by Crippen LogP contribution is 2.21. The van der Waals surface area contributed by atoms with Crippen LogP contribution >= 0.6 is 11.3 Å². The van der Waals surface area contributed by atoms with Gasteiger partial charge < -0.3 is 5.32 Å². The summed E-state index contributed by atoms with van der Waals surface area (Å²) in [5.74, 6) is -0.770. The van der Waals surface area contributed by atoms with Crippen molar-refractivity contribution in [3.05, 3.63) is 46.2 Å². The number of hydrogen-bond donors (Lipinski definition) is 2. The van der Waals surface area contributed by atoms with Crippen molar-refractivity contribution < 1.29 is 12.8 Å². The minimum Gasteiger partial charge on any atom is -0.316 e. The zero-order valence-corrected chi connectivity index (χ0v) is 13.3. The summed E-state index contributed by atoms with van der Waals surface area (Å²) < 4.78 is 40.9. The van der Waals surface area contributed by atoms with Crippen molar-refractivity contribution in [3.63, 3.8) is 0 Å². The van der Waals surface area contributed by atoms with Crippen LogP contribution in [0.1, 0.15) is 23.5 Å². The van der Waals surface area contributed by atoms with Crippen molar-refractivity contribution in [3.8, 4) is 0 Å². The normalized spacial score (nSPS) is 13.3. The predicted octanol–water partition coefficient (Wildman–Crippen LogP) is 2.04. The first-order chi connectivity index (χ1) is 9.94. The van der Waals surface area contributed by atoms with Gasteiger partial charge in [-0.25, -0.2) is 22.5 Å². The van der Waals surface area contributed by atoms with Gasteiger partial charge in [0.05, 0.1) is 6.04 Å². The molecule has 0 saturated carbocycles. The Morgan fingerprint density at radius 3 is 2.81 bits per heavy atom. The summed E-state index contributed by atoms with van der Waals surface area (Å²) in [6.07, 6.45) is 1.60. The highest BCUT2D eigenvalue weighted by atomic mass is 32.2. The van der Waals surface area contributed by atoms with Crippen molar-refractivity contribution in [2.45, 2.75) is 24.4 Å². The minimum absolute atomic E-state index is 0.348. The molecular weight excluding hydrogens is 313 g/mol. The van der Waals surface area contributed by atoms with Gasteiger partial charge in [0.15, 0.2) is 0 Å². The number of sulfonamides is 1. The smallest absolute Gasteiger partial charge is 0.244 e. The van der Waals surface area contributed by atoms with Crippen LogP contribution in [-0.2, 0) is 16.6 Å². The molecule has 1 aromatic heterocycles. The van der Waals surface area contributed by atoms with Crippen LogP contribution in [0.15, 0.2) is 34.7 Å². The van der Waals surface area contributed by atoms with Crippen molar-refractivity contribution in [1.82, 2.24) is 15.0 Å². The molecule has 0 aliphatic rings. The van der Waals surface area contributed by atoms with E-state index in [0.29, 0.717) is 17.1 Å². The molecule has 0 fully saturated rings. The molecule has 8 heteroatoms. The summed E-state index contributed by atoms with van der Waals surface area (Å²) in [6, 6.07) is 3.54. The van der Waals surface area contributed by atoms with Gasteiger partial charge in [-0.3, -0.25) is 0 Å². The van der Waals surface area contributed by atoms with Gasteiger partial charge >= 0.3 is 0 Å². The maximum Gasteiger partial charge on any atom is 0.244 e. The molecule has 0 spiro atoms. The van der Waals surface area contributed by atoms with Gasteiger partial charge in [-0.1, -0.05) is 6.07 Å². The van der Waals surface area contributed by atoms with Crippen LogP contribution in [0.2, 0.25) is 0 Å². The quantitative estimate of drug-likeness (QED) is 0.851. The number of nitrogens with one attached hydrogen (secondary N) is 2. The van der Waals surface area contributed by atoms with E-state index in [1.807, 2.05) is 0 Å². The predicted molar refractivity (Wildman–Crippen MR) is 80.0 cm³/mol. The second-order valence-electron chi connectivity index (χ2n) is 4.51. The summed E-state index contributed by atoms with van der Waals surface area (Å²) in [6.45, 7) is 2.14. The fraction of sp³-hybridized carbons (Fsp3) is 0.308. The maximum absolute atomic E-state index is 13.8. The number of rotatable bonds is 6. The molecule has 21 heavy (non-hydrogen) atoms. The number of nitrogens with zero attached hydrogens (tertiary/aromatic N) is 1. The van der Waals surface area contributed by atoms with E-state index in [0.717, 1.165) is 6.07 Å². The molecule has 5 nitrogen and oxygen atoms in total. The van der Waals surface area contributed by atoms with E-state index in [1.165, 1.54) is 17.4 Å². The van der Waals surface area contributed by atoms with Crippen LogP contribution in [-0.4, -0.2) is 20.4 Å². The second-order valence-corrected chi connectivity index (χ2v) is 7.12. The lowest BCUT2D eigenvalue weighted by Crippen LogP contribution is -2.27. The molecule has 0 amide bonds. The summed E-state index contributed by atoms with van der Waals surface area (Å²) in [4.78, 5) is 3.70. The Morgan fingerprint density at radius 2 is 2.19 bits per heavy atom. The van der Waals surface area contributed by atoms with Crippen LogP contribution in [0.5, 0.6) is 0 Å². The molecule has 0 aliphatic carbocycles. The average molecular weight is 329 g/mol. The minimum atomic E-state index is -3.94. The van der Waals surface area contributed by atoms with E-state index in [4.69, 9.17) is 0 Å². The first-order valence-electron chi connectivity index (χ1n) is 6.29. The zero-order chi connectivity index (χ0) is 15.5. The number of benzene rings is 1. The van der Waals surface area contributed by atoms with Crippen LogP contribution in [0.25, 0.3) is 0 Å². The molecule has 1 heterocycles. The summed E-state index contributed by atoms with van der Waals surface area (Å²) >= 11 is 1.34. The molecule has 0 radical (unpaired) electrons. The van der Waals surface area contributed by atoms with Gasteiger partial charge in [0.25, 0.3) is 0 Å². The molecule has 114 valence electrons. The third-order valence-corrected chi connectivity index (χ3v) is 5.33. The van der Waals surface area contributed by atoms with E-state index in [1.54, 1.807) is 31.6 Å². The van der Waals surface area contributed by atoms with Gasteiger partial charge in [-0.05, 0) is 31.7 Å². The molecule has 2 rings (SSSR count). The third-order valence-electron chi connectivity index (χ3n) is 2.82. The molecule has 2 N–H and O–H groups in total. The number of aromatic nitrogens is 1. The summed E-state index contributed by atoms with van der Waals surface area (Å²) in [5.41, 5.74) is 0.696. The summed E-state index contributed by atoms with van der Waals surface area (Å²) in [5, 5.41) is 5.29. The Labute approximate surface area is 127 Å². The highest BCUT2D eigenvalue weighted by molar-refractivity contribution is 7.89. The number of thiazole rings is 1. The molecule has 0 bridgehead atoms. The fourth-order valence-electron chi connectivity index (χ4n) is 1.86. The first kappa shape index (κ1) is 16.0. The largest absolute Gasteiger partial charge is 0.316 e. The molecule has 1 unspecified atom stereocenters. The van der Waals surface area contributed by atoms with Crippen molar-refractivity contribution in [2.75, 3.05) is 7.05 Å². The van der Waals surface area contributed by atoms with Crippen molar-refractivity contribution >= 4 is 21.4 Å². The van der Waals surface area contributed by atoms with E-state index < -0.39 is 21.9 Å². The molecule has 1 aromatic carbocycles. The zero-order valence-electron chi connectivity index (χ0n) is 11.6. The summed E-state index contributed by atoms with van der Waals surface area (Å²) in [7, 11) is -2.21. The van der Waals surface area contributed by atoms with Crippen LogP contribution in [0, 0.1) is 5.82 Å². The third kappa shape index (κ3) is 3.85. The van der Waals surface area contributed by atoms with Gasteiger partial charge in [-0.2, -0.15) is 0 Å². The Bertz CT molecular complexity index is 702. The second kappa shape index (κ2) is 6.61. The molecular formula is C13H16FN3O2S2.